The number of hydrogen-bond acceptors (Lipinski definition) is 4. The molecule has 2 atom stereocenters. The highest BCUT2D eigenvalue weighted by atomic mass is 33.1. The second kappa shape index (κ2) is 14.5. The second-order valence-electron chi connectivity index (χ2n) is 6.76. The third-order valence-electron chi connectivity index (χ3n) is 4.62. The average molecular weight is 361 g/mol. The van der Waals surface area contributed by atoms with Crippen molar-refractivity contribution >= 4 is 27.6 Å². The van der Waals surface area contributed by atoms with Gasteiger partial charge < -0.3 is 4.74 Å². The van der Waals surface area contributed by atoms with Crippen molar-refractivity contribution in [3.63, 3.8) is 0 Å². The van der Waals surface area contributed by atoms with E-state index in [1.165, 1.54) is 84.2 Å². The molecule has 0 radical (unpaired) electrons. The number of carbonyl (C=O) groups excluding carboxylic acids is 1. The number of unbranched alkanes of at least 4 members (excludes halogenated alkanes) is 8. The van der Waals surface area contributed by atoms with Gasteiger partial charge in [-0.05, 0) is 25.7 Å². The Morgan fingerprint density at radius 1 is 0.870 bits per heavy atom. The molecule has 1 aliphatic heterocycles. The number of hydrogen-bond donors (Lipinski definition) is 0. The maximum atomic E-state index is 11.0. The highest BCUT2D eigenvalue weighted by Crippen LogP contribution is 2.47. The summed E-state index contributed by atoms with van der Waals surface area (Å²) in [5.41, 5.74) is 0. The standard InChI is InChI=1S/C19H36O2S2/c1-3-4-5-10-13-17-16-18(23-22-17)14-11-8-6-7-9-12-15-19(20)21-2/h17-18H,3-16H2,1-2H3. The first kappa shape index (κ1) is 21.2. The fraction of sp³-hybridized carbons (Fsp3) is 0.947. The average Bonchev–Trinajstić information content (AvgIpc) is 3.01. The summed E-state index contributed by atoms with van der Waals surface area (Å²) in [5.74, 6) is -0.0648. The normalized spacial score (nSPS) is 20.8. The molecule has 0 N–H and O–H groups in total. The van der Waals surface area contributed by atoms with Crippen LogP contribution >= 0.6 is 21.6 Å². The largest absolute Gasteiger partial charge is 0.469 e. The maximum absolute atomic E-state index is 11.0. The summed E-state index contributed by atoms with van der Waals surface area (Å²) >= 11 is 0. The molecule has 4 heteroatoms. The van der Waals surface area contributed by atoms with Crippen LogP contribution in [0.15, 0.2) is 0 Å². The van der Waals surface area contributed by atoms with E-state index in [4.69, 9.17) is 0 Å². The molecule has 1 fully saturated rings. The van der Waals surface area contributed by atoms with Crippen LogP contribution in [-0.4, -0.2) is 23.6 Å². The molecule has 2 nitrogen and oxygen atoms in total. The van der Waals surface area contributed by atoms with E-state index in [2.05, 4.69) is 33.2 Å². The molecule has 1 heterocycles. The number of methoxy groups -OCH3 is 1. The molecular weight excluding hydrogens is 324 g/mol. The quantitative estimate of drug-likeness (QED) is 0.194. The van der Waals surface area contributed by atoms with E-state index in [9.17, 15) is 4.79 Å². The van der Waals surface area contributed by atoms with Gasteiger partial charge in [0.15, 0.2) is 0 Å². The number of esters is 1. The van der Waals surface area contributed by atoms with Crippen LogP contribution in [0.5, 0.6) is 0 Å². The van der Waals surface area contributed by atoms with Gasteiger partial charge >= 0.3 is 5.97 Å². The molecule has 0 saturated carbocycles. The van der Waals surface area contributed by atoms with Crippen molar-refractivity contribution in [3.8, 4) is 0 Å². The van der Waals surface area contributed by atoms with E-state index < -0.39 is 0 Å². The van der Waals surface area contributed by atoms with Gasteiger partial charge in [-0.25, -0.2) is 0 Å². The van der Waals surface area contributed by atoms with Crippen molar-refractivity contribution in [2.75, 3.05) is 7.11 Å². The highest BCUT2D eigenvalue weighted by Gasteiger charge is 2.25. The third kappa shape index (κ3) is 11.4. The van der Waals surface area contributed by atoms with E-state index in [1.807, 2.05) is 0 Å². The third-order valence-corrected chi connectivity index (χ3v) is 8.10. The Morgan fingerprint density at radius 3 is 1.96 bits per heavy atom. The molecule has 0 aliphatic carbocycles. The molecule has 0 spiro atoms. The second-order valence-corrected chi connectivity index (χ2v) is 9.63. The monoisotopic (exact) mass is 360 g/mol. The van der Waals surface area contributed by atoms with Gasteiger partial charge in [-0.3, -0.25) is 4.79 Å². The van der Waals surface area contributed by atoms with Gasteiger partial charge in [0.2, 0.25) is 0 Å². The predicted octanol–water partition coefficient (Wildman–Crippen LogP) is 6.77. The molecule has 0 bridgehead atoms. The molecule has 0 aromatic carbocycles. The number of rotatable bonds is 14. The van der Waals surface area contributed by atoms with E-state index >= 15 is 0 Å². The smallest absolute Gasteiger partial charge is 0.305 e. The van der Waals surface area contributed by atoms with Crippen LogP contribution in [0.25, 0.3) is 0 Å². The molecule has 1 aliphatic rings. The van der Waals surface area contributed by atoms with Crippen molar-refractivity contribution < 1.29 is 9.53 Å². The Morgan fingerprint density at radius 2 is 1.39 bits per heavy atom. The highest BCUT2D eigenvalue weighted by molar-refractivity contribution is 8.77. The van der Waals surface area contributed by atoms with Crippen molar-refractivity contribution in [1.82, 2.24) is 0 Å². The van der Waals surface area contributed by atoms with Crippen LogP contribution < -0.4 is 0 Å². The minimum absolute atomic E-state index is 0.0648. The van der Waals surface area contributed by atoms with E-state index in [0.717, 1.165) is 16.9 Å². The summed E-state index contributed by atoms with van der Waals surface area (Å²) in [6.45, 7) is 2.29. The van der Waals surface area contributed by atoms with Gasteiger partial charge in [0.1, 0.15) is 0 Å². The van der Waals surface area contributed by atoms with Gasteiger partial charge in [0.25, 0.3) is 0 Å². The first-order chi connectivity index (χ1) is 11.3. The van der Waals surface area contributed by atoms with Gasteiger partial charge in [-0.1, -0.05) is 86.3 Å². The topological polar surface area (TPSA) is 26.3 Å². The molecule has 0 aromatic rings. The van der Waals surface area contributed by atoms with Crippen LogP contribution in [0, 0.1) is 0 Å². The summed E-state index contributed by atoms with van der Waals surface area (Å²) in [5, 5.41) is 1.84. The lowest BCUT2D eigenvalue weighted by Crippen LogP contribution is -2.04. The van der Waals surface area contributed by atoms with Crippen LogP contribution in [0.1, 0.15) is 96.8 Å². The van der Waals surface area contributed by atoms with Crippen LogP contribution in [-0.2, 0) is 9.53 Å². The lowest BCUT2D eigenvalue weighted by molar-refractivity contribution is -0.140. The van der Waals surface area contributed by atoms with Crippen molar-refractivity contribution in [2.24, 2.45) is 0 Å². The predicted molar refractivity (Wildman–Crippen MR) is 105 cm³/mol. The van der Waals surface area contributed by atoms with Crippen LogP contribution in [0.4, 0.5) is 0 Å². The Bertz CT molecular complexity index is 297. The van der Waals surface area contributed by atoms with E-state index in [-0.39, 0.29) is 5.97 Å². The van der Waals surface area contributed by atoms with Crippen molar-refractivity contribution in [1.29, 1.82) is 0 Å². The maximum Gasteiger partial charge on any atom is 0.305 e. The molecule has 0 aromatic heterocycles. The van der Waals surface area contributed by atoms with Crippen LogP contribution in [0.3, 0.4) is 0 Å². The zero-order chi connectivity index (χ0) is 16.8. The molecule has 23 heavy (non-hydrogen) atoms. The SMILES string of the molecule is CCCCCCC1CC(CCCCCCCCC(=O)OC)SS1. The number of carbonyl (C=O) groups is 1. The van der Waals surface area contributed by atoms with Crippen LogP contribution in [0.2, 0.25) is 0 Å². The van der Waals surface area contributed by atoms with Gasteiger partial charge in [0, 0.05) is 16.9 Å². The number of ether oxygens (including phenoxy) is 1. The first-order valence-electron chi connectivity index (χ1n) is 9.65. The molecular formula is C19H36O2S2. The van der Waals surface area contributed by atoms with Gasteiger partial charge in [0.05, 0.1) is 7.11 Å². The van der Waals surface area contributed by atoms with E-state index in [1.54, 1.807) is 0 Å². The van der Waals surface area contributed by atoms with Crippen molar-refractivity contribution in [3.05, 3.63) is 0 Å². The Hall–Kier alpha value is 0.170. The first-order valence-corrected chi connectivity index (χ1v) is 11.9. The molecule has 136 valence electrons. The zero-order valence-electron chi connectivity index (χ0n) is 15.2. The Balaban J connectivity index is 1.86. The summed E-state index contributed by atoms with van der Waals surface area (Å²) in [7, 11) is 5.79. The summed E-state index contributed by atoms with van der Waals surface area (Å²) < 4.78 is 4.65. The summed E-state index contributed by atoms with van der Waals surface area (Å²) in [6, 6.07) is 0. The Kier molecular flexibility index (Phi) is 13.4. The molecule has 1 saturated heterocycles. The lowest BCUT2D eigenvalue weighted by atomic mass is 10.0. The minimum atomic E-state index is -0.0648. The van der Waals surface area contributed by atoms with Gasteiger partial charge in [-0.2, -0.15) is 0 Å². The fourth-order valence-corrected chi connectivity index (χ4v) is 6.69. The zero-order valence-corrected chi connectivity index (χ0v) is 16.8. The minimum Gasteiger partial charge on any atom is -0.469 e. The summed E-state index contributed by atoms with van der Waals surface area (Å²) in [4.78, 5) is 11.0. The molecule has 1 rings (SSSR count). The molecule has 2 unspecified atom stereocenters. The molecule has 0 amide bonds. The van der Waals surface area contributed by atoms with E-state index in [0.29, 0.717) is 6.42 Å². The summed E-state index contributed by atoms with van der Waals surface area (Å²) in [6.07, 6.45) is 18.0. The van der Waals surface area contributed by atoms with Crippen molar-refractivity contribution in [2.45, 2.75) is 107 Å². The van der Waals surface area contributed by atoms with Gasteiger partial charge in [-0.15, -0.1) is 0 Å². The Labute approximate surface area is 151 Å². The fourth-order valence-electron chi connectivity index (χ4n) is 3.11. The lowest BCUT2D eigenvalue weighted by Gasteiger charge is -2.09.